The third-order valence-corrected chi connectivity index (χ3v) is 5.12. The van der Waals surface area contributed by atoms with Crippen LogP contribution >= 0.6 is 0 Å². The number of nitrogens with one attached hydrogen (secondary N) is 2. The third kappa shape index (κ3) is 3.46. The van der Waals surface area contributed by atoms with Gasteiger partial charge >= 0.3 is 6.61 Å². The summed E-state index contributed by atoms with van der Waals surface area (Å²) >= 11 is 0. The summed E-state index contributed by atoms with van der Waals surface area (Å²) in [6.07, 6.45) is 3.46. The van der Waals surface area contributed by atoms with Gasteiger partial charge in [0, 0.05) is 36.1 Å². The van der Waals surface area contributed by atoms with Crippen LogP contribution in [0.15, 0.2) is 24.3 Å². The quantitative estimate of drug-likeness (QED) is 0.896. The number of likely N-dealkylation sites (tertiary alicyclic amines) is 1. The molecule has 2 saturated heterocycles. The number of H-pyrrole nitrogens is 1. The topological polar surface area (TPSA) is 57.4 Å². The number of nitrogens with zero attached hydrogens (tertiary/aromatic N) is 1. The Morgan fingerprint density at radius 3 is 2.96 bits per heavy atom. The molecule has 0 aliphatic carbocycles. The minimum atomic E-state index is -2.86. The summed E-state index contributed by atoms with van der Waals surface area (Å²) < 4.78 is 29.1. The zero-order chi connectivity index (χ0) is 17.4. The van der Waals surface area contributed by atoms with Crippen molar-refractivity contribution in [1.29, 1.82) is 0 Å². The van der Waals surface area contributed by atoms with Crippen LogP contribution in [-0.2, 0) is 0 Å². The molecule has 2 N–H and O–H groups in total. The fourth-order valence-electron chi connectivity index (χ4n) is 3.89. The minimum Gasteiger partial charge on any atom is -0.435 e. The number of ether oxygens (including phenoxy) is 1. The molecule has 1 aromatic carbocycles. The predicted octanol–water partition coefficient (Wildman–Crippen LogP) is 2.98. The van der Waals surface area contributed by atoms with Gasteiger partial charge in [-0.15, -0.1) is 0 Å². The number of hydrogen-bond acceptors (Lipinski definition) is 3. The molecule has 25 heavy (non-hydrogen) atoms. The Morgan fingerprint density at radius 1 is 1.24 bits per heavy atom. The highest BCUT2D eigenvalue weighted by Gasteiger charge is 2.30. The van der Waals surface area contributed by atoms with Gasteiger partial charge in [-0.3, -0.25) is 4.79 Å². The molecule has 2 unspecified atom stereocenters. The van der Waals surface area contributed by atoms with E-state index in [0.717, 1.165) is 31.3 Å². The van der Waals surface area contributed by atoms with Crippen LogP contribution in [0.5, 0.6) is 5.75 Å². The van der Waals surface area contributed by atoms with Crippen molar-refractivity contribution < 1.29 is 18.3 Å². The zero-order valence-corrected chi connectivity index (χ0v) is 13.8. The van der Waals surface area contributed by atoms with Crippen LogP contribution in [0.1, 0.15) is 29.8 Å². The van der Waals surface area contributed by atoms with Crippen molar-refractivity contribution in [3.8, 4) is 5.75 Å². The van der Waals surface area contributed by atoms with Crippen molar-refractivity contribution in [3.63, 3.8) is 0 Å². The van der Waals surface area contributed by atoms with Crippen molar-refractivity contribution in [1.82, 2.24) is 15.2 Å². The van der Waals surface area contributed by atoms with Gasteiger partial charge in [0.2, 0.25) is 0 Å². The van der Waals surface area contributed by atoms with E-state index in [0.29, 0.717) is 29.7 Å². The summed E-state index contributed by atoms with van der Waals surface area (Å²) in [5, 5.41) is 4.34. The second-order valence-corrected chi connectivity index (χ2v) is 6.92. The van der Waals surface area contributed by atoms with Gasteiger partial charge in [0.05, 0.1) is 0 Å². The van der Waals surface area contributed by atoms with E-state index in [1.54, 1.807) is 12.1 Å². The van der Waals surface area contributed by atoms with E-state index in [4.69, 9.17) is 0 Å². The number of benzene rings is 1. The van der Waals surface area contributed by atoms with E-state index in [2.05, 4.69) is 15.0 Å². The molecule has 7 heteroatoms. The molecule has 1 amide bonds. The van der Waals surface area contributed by atoms with Crippen molar-refractivity contribution in [2.45, 2.75) is 31.9 Å². The van der Waals surface area contributed by atoms with Gasteiger partial charge in [-0.1, -0.05) is 6.42 Å². The molecule has 0 radical (unpaired) electrons. The maximum absolute atomic E-state index is 12.9. The number of amides is 1. The molecule has 0 spiro atoms. The number of carbonyl (C=O) groups is 1. The van der Waals surface area contributed by atoms with E-state index in [1.807, 2.05) is 4.90 Å². The Kier molecular flexibility index (Phi) is 4.33. The van der Waals surface area contributed by atoms with E-state index in [9.17, 15) is 13.6 Å². The number of rotatable bonds is 3. The number of hydrogen-bond donors (Lipinski definition) is 2. The summed E-state index contributed by atoms with van der Waals surface area (Å²) in [5.74, 6) is 0.539. The van der Waals surface area contributed by atoms with Crippen LogP contribution in [0.3, 0.4) is 0 Å². The van der Waals surface area contributed by atoms with E-state index < -0.39 is 6.61 Å². The number of fused-ring (bicyclic) bond motifs is 4. The van der Waals surface area contributed by atoms with Gasteiger partial charge in [-0.2, -0.15) is 8.78 Å². The Labute approximate surface area is 144 Å². The fraction of sp³-hybridized carbons (Fsp3) is 0.500. The summed E-state index contributed by atoms with van der Waals surface area (Å²) in [6.45, 7) is -0.422. The first-order valence-electron chi connectivity index (χ1n) is 8.69. The lowest BCUT2D eigenvalue weighted by Crippen LogP contribution is -2.41. The highest BCUT2D eigenvalue weighted by molar-refractivity contribution is 5.98. The van der Waals surface area contributed by atoms with Crippen LogP contribution in [0.4, 0.5) is 8.78 Å². The normalized spacial score (nSPS) is 23.7. The van der Waals surface area contributed by atoms with Crippen molar-refractivity contribution in [2.24, 2.45) is 5.92 Å². The van der Waals surface area contributed by atoms with E-state index in [-0.39, 0.29) is 11.7 Å². The molecule has 5 nitrogen and oxygen atoms in total. The second-order valence-electron chi connectivity index (χ2n) is 6.92. The molecule has 2 fully saturated rings. The summed E-state index contributed by atoms with van der Waals surface area (Å²) in [7, 11) is 0. The summed E-state index contributed by atoms with van der Waals surface area (Å²) in [6, 6.07) is 6.79. The molecule has 134 valence electrons. The van der Waals surface area contributed by atoms with Crippen molar-refractivity contribution in [2.75, 3.05) is 19.6 Å². The van der Waals surface area contributed by atoms with Gasteiger partial charge < -0.3 is 19.9 Å². The molecule has 1 aromatic heterocycles. The first-order valence-corrected chi connectivity index (χ1v) is 8.69. The zero-order valence-electron chi connectivity index (χ0n) is 13.8. The van der Waals surface area contributed by atoms with Crippen LogP contribution in [0.25, 0.3) is 10.9 Å². The minimum absolute atomic E-state index is 0.0341. The third-order valence-electron chi connectivity index (χ3n) is 5.12. The maximum atomic E-state index is 12.9. The number of carbonyl (C=O) groups excluding carboxylic acids is 1. The Morgan fingerprint density at radius 2 is 2.12 bits per heavy atom. The molecule has 2 aliphatic heterocycles. The lowest BCUT2D eigenvalue weighted by Gasteiger charge is -2.28. The Balaban J connectivity index is 1.57. The number of aromatic nitrogens is 1. The van der Waals surface area contributed by atoms with Crippen molar-refractivity contribution in [3.05, 3.63) is 30.0 Å². The highest BCUT2D eigenvalue weighted by atomic mass is 19.3. The predicted molar refractivity (Wildman–Crippen MR) is 90.0 cm³/mol. The molecule has 4 rings (SSSR count). The summed E-state index contributed by atoms with van der Waals surface area (Å²) in [4.78, 5) is 17.9. The smallest absolute Gasteiger partial charge is 0.387 e. The van der Waals surface area contributed by atoms with Gasteiger partial charge in [-0.05, 0) is 43.5 Å². The second kappa shape index (κ2) is 6.63. The lowest BCUT2D eigenvalue weighted by atomic mass is 9.99. The molecule has 2 atom stereocenters. The maximum Gasteiger partial charge on any atom is 0.387 e. The molecule has 2 aliphatic rings. The van der Waals surface area contributed by atoms with Crippen molar-refractivity contribution >= 4 is 16.8 Å². The molecular formula is C18H21F2N3O2. The largest absolute Gasteiger partial charge is 0.435 e. The molecule has 2 aromatic rings. The van der Waals surface area contributed by atoms with Gasteiger partial charge in [0.25, 0.3) is 5.91 Å². The summed E-state index contributed by atoms with van der Waals surface area (Å²) in [5.41, 5.74) is 1.11. The number of aromatic amines is 1. The molecule has 0 saturated carbocycles. The average molecular weight is 349 g/mol. The molecule has 3 heterocycles. The van der Waals surface area contributed by atoms with Crippen LogP contribution in [0.2, 0.25) is 0 Å². The molecular weight excluding hydrogens is 328 g/mol. The first-order chi connectivity index (χ1) is 12.1. The number of halogens is 2. The Hall–Kier alpha value is -2.15. The Bertz CT molecular complexity index is 763. The first kappa shape index (κ1) is 16.3. The van der Waals surface area contributed by atoms with Gasteiger partial charge in [0.1, 0.15) is 11.4 Å². The van der Waals surface area contributed by atoms with E-state index >= 15 is 0 Å². The van der Waals surface area contributed by atoms with Gasteiger partial charge in [-0.25, -0.2) is 0 Å². The van der Waals surface area contributed by atoms with Gasteiger partial charge in [0.15, 0.2) is 0 Å². The van der Waals surface area contributed by atoms with Crippen LogP contribution < -0.4 is 10.1 Å². The average Bonchev–Trinajstić information content (AvgIpc) is 2.72. The fourth-order valence-corrected chi connectivity index (χ4v) is 3.89. The van der Waals surface area contributed by atoms with E-state index in [1.165, 1.54) is 18.6 Å². The monoisotopic (exact) mass is 349 g/mol. The lowest BCUT2D eigenvalue weighted by molar-refractivity contribution is -0.0497. The molecule has 2 bridgehead atoms. The standard InChI is InChI=1S/C18H21F2N3O2/c19-18(20)25-14-5-4-12-6-16(22-15(12)7-14)17(24)23-9-11-2-1-3-13(10-23)21-8-11/h4-7,11,13,18,21-22H,1-3,8-10H2. The SMILES string of the molecule is O=C(c1cc2ccc(OC(F)F)cc2[nH]1)N1CC2CCCC(C1)NC2. The highest BCUT2D eigenvalue weighted by Crippen LogP contribution is 2.25. The number of alkyl halides is 2. The van der Waals surface area contributed by atoms with Crippen LogP contribution in [-0.4, -0.2) is 48.1 Å². The van der Waals surface area contributed by atoms with Crippen LogP contribution in [0, 0.1) is 5.92 Å².